The van der Waals surface area contributed by atoms with Gasteiger partial charge in [0.15, 0.2) is 0 Å². The number of halogens is 3. The molecule has 0 N–H and O–H groups in total. The fourth-order valence-corrected chi connectivity index (χ4v) is 4.18. The van der Waals surface area contributed by atoms with Gasteiger partial charge in [-0.25, -0.2) is 0 Å². The van der Waals surface area contributed by atoms with Crippen LogP contribution in [0, 0.1) is 0 Å². The Bertz CT molecular complexity index is 715. The van der Waals surface area contributed by atoms with Crippen molar-refractivity contribution >= 4 is 11.7 Å². The third kappa shape index (κ3) is 6.57. The predicted octanol–water partition coefficient (Wildman–Crippen LogP) is 2.40. The first kappa shape index (κ1) is 23.8. The lowest BCUT2D eigenvalue weighted by atomic mass is 10.1. The average molecular weight is 443 g/mol. The Morgan fingerprint density at radius 2 is 1.58 bits per heavy atom. The molecule has 31 heavy (non-hydrogen) atoms. The highest BCUT2D eigenvalue weighted by atomic mass is 19.4. The third-order valence-electron chi connectivity index (χ3n) is 6.23. The summed E-state index contributed by atoms with van der Waals surface area (Å²) in [5, 5.41) is 0. The van der Waals surface area contributed by atoms with E-state index in [4.69, 9.17) is 4.74 Å². The number of alkyl halides is 3. The third-order valence-corrected chi connectivity index (χ3v) is 6.23. The van der Waals surface area contributed by atoms with E-state index in [1.165, 1.54) is 12.1 Å². The van der Waals surface area contributed by atoms with Gasteiger partial charge in [-0.2, -0.15) is 13.2 Å². The van der Waals surface area contributed by atoms with Gasteiger partial charge in [-0.15, -0.1) is 0 Å². The quantitative estimate of drug-likeness (QED) is 0.604. The number of hydrogen-bond acceptors (Lipinski definition) is 6. The van der Waals surface area contributed by atoms with Crippen molar-refractivity contribution in [3.63, 3.8) is 0 Å². The van der Waals surface area contributed by atoms with Crippen LogP contribution in [0.25, 0.3) is 0 Å². The molecule has 0 spiro atoms. The predicted molar refractivity (Wildman–Crippen MR) is 114 cm³/mol. The molecule has 3 rings (SSSR count). The van der Waals surface area contributed by atoms with Crippen LogP contribution in [0.15, 0.2) is 24.3 Å². The summed E-state index contributed by atoms with van der Waals surface area (Å²) in [5.74, 6) is -0.158. The van der Waals surface area contributed by atoms with Crippen molar-refractivity contribution in [3.05, 3.63) is 29.8 Å². The smallest absolute Gasteiger partial charge is 0.416 e. The Labute approximate surface area is 182 Å². The second-order valence-electron chi connectivity index (χ2n) is 8.18. The molecule has 2 heterocycles. The monoisotopic (exact) mass is 442 g/mol. The van der Waals surface area contributed by atoms with E-state index in [-0.39, 0.29) is 12.0 Å². The van der Waals surface area contributed by atoms with Crippen LogP contribution in [0.1, 0.15) is 19.4 Å². The minimum absolute atomic E-state index is 0.158. The van der Waals surface area contributed by atoms with Crippen molar-refractivity contribution in [2.24, 2.45) is 0 Å². The van der Waals surface area contributed by atoms with Crippen molar-refractivity contribution < 1.29 is 22.7 Å². The summed E-state index contributed by atoms with van der Waals surface area (Å²) in [6.45, 7) is 12.7. The van der Waals surface area contributed by atoms with Gasteiger partial charge < -0.3 is 9.64 Å². The highest BCUT2D eigenvalue weighted by Crippen LogP contribution is 2.31. The molecule has 6 nitrogen and oxygen atoms in total. The van der Waals surface area contributed by atoms with Gasteiger partial charge >= 0.3 is 12.1 Å². The van der Waals surface area contributed by atoms with Gasteiger partial charge in [0.1, 0.15) is 6.04 Å². The molecular formula is C22H33F3N4O2. The van der Waals surface area contributed by atoms with Gasteiger partial charge in [-0.3, -0.25) is 19.5 Å². The summed E-state index contributed by atoms with van der Waals surface area (Å²) in [6, 6.07) is 5.39. The minimum atomic E-state index is -4.31. The van der Waals surface area contributed by atoms with E-state index in [9.17, 15) is 18.0 Å². The molecule has 0 saturated carbocycles. The number of benzene rings is 1. The second kappa shape index (κ2) is 10.7. The van der Waals surface area contributed by atoms with Crippen LogP contribution in [-0.2, 0) is 15.7 Å². The molecule has 2 fully saturated rings. The first-order valence-corrected chi connectivity index (χ1v) is 11.1. The van der Waals surface area contributed by atoms with Gasteiger partial charge in [0, 0.05) is 71.1 Å². The summed E-state index contributed by atoms with van der Waals surface area (Å²) in [4.78, 5) is 20.9. The standard InChI is InChI=1S/C22H33F3N4O2/c1-3-31-21(30)18(2)28-13-9-26(10-14-28)7-8-27-11-15-29(16-12-27)20-6-4-5-19(17-20)22(23,24)25/h4-6,17-18H,3,7-16H2,1-2H3. The molecule has 2 saturated heterocycles. The zero-order valence-corrected chi connectivity index (χ0v) is 18.4. The van der Waals surface area contributed by atoms with E-state index >= 15 is 0 Å². The van der Waals surface area contributed by atoms with Gasteiger partial charge in [-0.1, -0.05) is 6.07 Å². The number of nitrogens with zero attached hydrogens (tertiary/aromatic N) is 4. The number of piperazine rings is 2. The molecule has 1 aromatic rings. The van der Waals surface area contributed by atoms with E-state index in [2.05, 4.69) is 14.7 Å². The molecule has 1 unspecified atom stereocenters. The van der Waals surface area contributed by atoms with Gasteiger partial charge in [0.25, 0.3) is 0 Å². The Balaban J connectivity index is 1.38. The summed E-state index contributed by atoms with van der Waals surface area (Å²) < 4.78 is 44.0. The Morgan fingerprint density at radius 3 is 2.13 bits per heavy atom. The molecule has 0 bridgehead atoms. The maximum atomic E-state index is 13.0. The minimum Gasteiger partial charge on any atom is -0.465 e. The summed E-state index contributed by atoms with van der Waals surface area (Å²) in [5.41, 5.74) is 0.0464. The Hall–Kier alpha value is -1.84. The number of hydrogen-bond donors (Lipinski definition) is 0. The van der Waals surface area contributed by atoms with Crippen molar-refractivity contribution in [2.75, 3.05) is 77.0 Å². The van der Waals surface area contributed by atoms with E-state index < -0.39 is 11.7 Å². The van der Waals surface area contributed by atoms with Gasteiger partial charge in [0.05, 0.1) is 12.2 Å². The van der Waals surface area contributed by atoms with Gasteiger partial charge in [0.2, 0.25) is 0 Å². The Kier molecular flexibility index (Phi) is 8.18. The lowest BCUT2D eigenvalue weighted by Gasteiger charge is -2.39. The number of carbonyl (C=O) groups is 1. The summed E-state index contributed by atoms with van der Waals surface area (Å²) >= 11 is 0. The van der Waals surface area contributed by atoms with Crippen LogP contribution in [-0.4, -0.2) is 98.8 Å². The first-order valence-electron chi connectivity index (χ1n) is 11.1. The van der Waals surface area contributed by atoms with Gasteiger partial charge in [-0.05, 0) is 32.0 Å². The largest absolute Gasteiger partial charge is 0.465 e. The van der Waals surface area contributed by atoms with E-state index in [1.54, 1.807) is 6.07 Å². The number of carbonyl (C=O) groups excluding carboxylic acids is 1. The van der Waals surface area contributed by atoms with Crippen LogP contribution in [0.2, 0.25) is 0 Å². The van der Waals surface area contributed by atoms with Crippen molar-refractivity contribution in [1.29, 1.82) is 0 Å². The van der Waals surface area contributed by atoms with E-state index in [0.717, 1.165) is 71.5 Å². The molecule has 0 radical (unpaired) electrons. The van der Waals surface area contributed by atoms with Crippen molar-refractivity contribution in [1.82, 2.24) is 14.7 Å². The molecule has 0 amide bonds. The van der Waals surface area contributed by atoms with E-state index in [0.29, 0.717) is 12.3 Å². The fourth-order valence-electron chi connectivity index (χ4n) is 4.18. The normalized spacial score (nSPS) is 20.6. The molecule has 174 valence electrons. The molecule has 0 aliphatic carbocycles. The number of ether oxygens (including phenoxy) is 1. The molecule has 0 aromatic heterocycles. The van der Waals surface area contributed by atoms with Crippen LogP contribution >= 0.6 is 0 Å². The van der Waals surface area contributed by atoms with Crippen LogP contribution in [0.4, 0.5) is 18.9 Å². The second-order valence-corrected chi connectivity index (χ2v) is 8.18. The molecule has 2 aliphatic rings. The van der Waals surface area contributed by atoms with Crippen molar-refractivity contribution in [3.8, 4) is 0 Å². The van der Waals surface area contributed by atoms with Crippen LogP contribution < -0.4 is 4.90 Å². The average Bonchev–Trinajstić information content (AvgIpc) is 2.77. The maximum absolute atomic E-state index is 13.0. The van der Waals surface area contributed by atoms with E-state index in [1.807, 2.05) is 18.7 Å². The molecule has 2 aliphatic heterocycles. The first-order chi connectivity index (χ1) is 14.8. The molecule has 1 atom stereocenters. The SMILES string of the molecule is CCOC(=O)C(C)N1CCN(CCN2CCN(c3cccc(C(F)(F)F)c3)CC2)CC1. The zero-order chi connectivity index (χ0) is 22.4. The van der Waals surface area contributed by atoms with Crippen molar-refractivity contribution in [2.45, 2.75) is 26.1 Å². The number of rotatable bonds is 7. The summed E-state index contributed by atoms with van der Waals surface area (Å²) in [7, 11) is 0. The van der Waals surface area contributed by atoms with Crippen LogP contribution in [0.3, 0.4) is 0 Å². The highest BCUT2D eigenvalue weighted by molar-refractivity contribution is 5.75. The molecule has 9 heteroatoms. The highest BCUT2D eigenvalue weighted by Gasteiger charge is 2.31. The molecule has 1 aromatic carbocycles. The van der Waals surface area contributed by atoms with Crippen LogP contribution in [0.5, 0.6) is 0 Å². The number of esters is 1. The lowest BCUT2D eigenvalue weighted by Crippen LogP contribution is -2.54. The lowest BCUT2D eigenvalue weighted by molar-refractivity contribution is -0.149. The Morgan fingerprint density at radius 1 is 1.00 bits per heavy atom. The number of anilines is 1. The zero-order valence-electron chi connectivity index (χ0n) is 18.4. The maximum Gasteiger partial charge on any atom is 0.416 e. The fraction of sp³-hybridized carbons (Fsp3) is 0.682. The summed E-state index contributed by atoms with van der Waals surface area (Å²) in [6.07, 6.45) is -4.31. The molecular weight excluding hydrogens is 409 g/mol. The topological polar surface area (TPSA) is 39.3 Å².